The van der Waals surface area contributed by atoms with E-state index in [9.17, 15) is 9.59 Å². The third-order valence-electron chi connectivity index (χ3n) is 4.21. The van der Waals surface area contributed by atoms with Crippen LogP contribution in [0, 0.1) is 31.6 Å². The Kier molecular flexibility index (Phi) is 5.22. The van der Waals surface area contributed by atoms with Gasteiger partial charge in [-0.05, 0) is 43.7 Å². The molecule has 1 saturated carbocycles. The van der Waals surface area contributed by atoms with Crippen LogP contribution in [0.15, 0.2) is 18.2 Å². The summed E-state index contributed by atoms with van der Waals surface area (Å²) in [6, 6.07) is 5.93. The SMILES string of the molecule is Cc1cccc(C)c1NC(=O)C1CC1C(=O)NCCC(C)C. The van der Waals surface area contributed by atoms with Crippen LogP contribution in [0.3, 0.4) is 0 Å². The molecular formula is C18H26N2O2. The number of anilines is 1. The first kappa shape index (κ1) is 16.5. The van der Waals surface area contributed by atoms with Gasteiger partial charge in [-0.2, -0.15) is 0 Å². The van der Waals surface area contributed by atoms with E-state index < -0.39 is 0 Å². The van der Waals surface area contributed by atoms with E-state index in [0.717, 1.165) is 23.2 Å². The van der Waals surface area contributed by atoms with Crippen molar-refractivity contribution in [2.45, 2.75) is 40.5 Å². The second-order valence-electron chi connectivity index (χ2n) is 6.68. The summed E-state index contributed by atoms with van der Waals surface area (Å²) in [5, 5.41) is 5.91. The van der Waals surface area contributed by atoms with Gasteiger partial charge in [0.15, 0.2) is 0 Å². The molecule has 1 aromatic rings. The highest BCUT2D eigenvalue weighted by Gasteiger charge is 2.47. The molecule has 1 aliphatic carbocycles. The number of amides is 2. The van der Waals surface area contributed by atoms with E-state index in [1.807, 2.05) is 32.0 Å². The van der Waals surface area contributed by atoms with E-state index in [2.05, 4.69) is 24.5 Å². The molecule has 1 aliphatic rings. The largest absolute Gasteiger partial charge is 0.356 e. The number of para-hydroxylation sites is 1. The highest BCUT2D eigenvalue weighted by molar-refractivity contribution is 6.00. The van der Waals surface area contributed by atoms with Gasteiger partial charge in [-0.25, -0.2) is 0 Å². The fraction of sp³-hybridized carbons (Fsp3) is 0.556. The van der Waals surface area contributed by atoms with Gasteiger partial charge in [-0.1, -0.05) is 32.0 Å². The van der Waals surface area contributed by atoms with E-state index in [-0.39, 0.29) is 23.7 Å². The quantitative estimate of drug-likeness (QED) is 0.848. The number of hydrogen-bond acceptors (Lipinski definition) is 2. The third-order valence-corrected chi connectivity index (χ3v) is 4.21. The normalized spacial score (nSPS) is 19.9. The zero-order valence-corrected chi connectivity index (χ0v) is 13.9. The maximum atomic E-state index is 12.3. The van der Waals surface area contributed by atoms with Gasteiger partial charge in [0.2, 0.25) is 11.8 Å². The van der Waals surface area contributed by atoms with Gasteiger partial charge in [0.05, 0.1) is 11.8 Å². The summed E-state index contributed by atoms with van der Waals surface area (Å²) in [6.07, 6.45) is 1.63. The zero-order chi connectivity index (χ0) is 16.3. The monoisotopic (exact) mass is 302 g/mol. The Balaban J connectivity index is 1.84. The Hall–Kier alpha value is -1.84. The minimum absolute atomic E-state index is 0.0160. The first-order valence-electron chi connectivity index (χ1n) is 8.05. The Morgan fingerprint density at radius 3 is 2.32 bits per heavy atom. The van der Waals surface area contributed by atoms with Crippen molar-refractivity contribution >= 4 is 17.5 Å². The number of rotatable bonds is 6. The highest BCUT2D eigenvalue weighted by atomic mass is 16.2. The van der Waals surface area contributed by atoms with Crippen LogP contribution < -0.4 is 10.6 Å². The summed E-state index contributed by atoms with van der Waals surface area (Å²) in [6.45, 7) is 8.91. The first-order chi connectivity index (χ1) is 10.4. The van der Waals surface area contributed by atoms with E-state index >= 15 is 0 Å². The van der Waals surface area contributed by atoms with Crippen molar-refractivity contribution in [3.05, 3.63) is 29.3 Å². The van der Waals surface area contributed by atoms with Crippen molar-refractivity contribution in [1.29, 1.82) is 0 Å². The lowest BCUT2D eigenvalue weighted by atomic mass is 10.1. The number of benzene rings is 1. The average molecular weight is 302 g/mol. The van der Waals surface area contributed by atoms with Crippen LogP contribution in [-0.4, -0.2) is 18.4 Å². The lowest BCUT2D eigenvalue weighted by molar-refractivity contribution is -0.125. The number of hydrogen-bond donors (Lipinski definition) is 2. The maximum Gasteiger partial charge on any atom is 0.228 e. The molecule has 2 rings (SSSR count). The summed E-state index contributed by atoms with van der Waals surface area (Å²) in [4.78, 5) is 24.3. The highest BCUT2D eigenvalue weighted by Crippen LogP contribution is 2.39. The number of carbonyl (C=O) groups excluding carboxylic acids is 2. The summed E-state index contributed by atoms with van der Waals surface area (Å²) < 4.78 is 0. The third kappa shape index (κ3) is 4.09. The molecule has 1 aromatic carbocycles. The van der Waals surface area contributed by atoms with Crippen LogP contribution in [0.2, 0.25) is 0 Å². The zero-order valence-electron chi connectivity index (χ0n) is 13.9. The molecule has 2 N–H and O–H groups in total. The Morgan fingerprint density at radius 2 is 1.73 bits per heavy atom. The molecular weight excluding hydrogens is 276 g/mol. The van der Waals surface area contributed by atoms with Crippen LogP contribution in [0.25, 0.3) is 0 Å². The maximum absolute atomic E-state index is 12.3. The van der Waals surface area contributed by atoms with Gasteiger partial charge >= 0.3 is 0 Å². The molecule has 0 saturated heterocycles. The molecule has 0 aliphatic heterocycles. The predicted octanol–water partition coefficient (Wildman–Crippen LogP) is 3.04. The van der Waals surface area contributed by atoms with Crippen LogP contribution in [0.4, 0.5) is 5.69 Å². The van der Waals surface area contributed by atoms with Crippen LogP contribution in [0.5, 0.6) is 0 Å². The van der Waals surface area contributed by atoms with E-state index in [1.165, 1.54) is 0 Å². The molecule has 0 radical (unpaired) electrons. The van der Waals surface area contributed by atoms with Crippen molar-refractivity contribution in [3.63, 3.8) is 0 Å². The van der Waals surface area contributed by atoms with Gasteiger partial charge < -0.3 is 10.6 Å². The number of nitrogens with one attached hydrogen (secondary N) is 2. The van der Waals surface area contributed by atoms with Gasteiger partial charge in [0.25, 0.3) is 0 Å². The Labute approximate surface area is 132 Å². The van der Waals surface area contributed by atoms with Gasteiger partial charge in [-0.15, -0.1) is 0 Å². The van der Waals surface area contributed by atoms with E-state index in [4.69, 9.17) is 0 Å². The van der Waals surface area contributed by atoms with Gasteiger partial charge in [0, 0.05) is 12.2 Å². The minimum Gasteiger partial charge on any atom is -0.356 e. The predicted molar refractivity (Wildman–Crippen MR) is 88.6 cm³/mol. The standard InChI is InChI=1S/C18H26N2O2/c1-11(2)8-9-19-17(21)14-10-15(14)18(22)20-16-12(3)6-5-7-13(16)4/h5-7,11,14-15H,8-10H2,1-4H3,(H,19,21)(H,20,22). The molecule has 22 heavy (non-hydrogen) atoms. The van der Waals surface area contributed by atoms with Crippen molar-refractivity contribution in [2.75, 3.05) is 11.9 Å². The smallest absolute Gasteiger partial charge is 0.228 e. The number of carbonyl (C=O) groups is 2. The summed E-state index contributed by atoms with van der Waals surface area (Å²) >= 11 is 0. The summed E-state index contributed by atoms with van der Waals surface area (Å²) in [7, 11) is 0. The van der Waals surface area contributed by atoms with Crippen LogP contribution in [0.1, 0.15) is 37.8 Å². The molecule has 0 bridgehead atoms. The second kappa shape index (κ2) is 6.95. The fourth-order valence-electron chi connectivity index (χ4n) is 2.62. The van der Waals surface area contributed by atoms with Crippen LogP contribution >= 0.6 is 0 Å². The average Bonchev–Trinajstić information content (AvgIpc) is 3.23. The summed E-state index contributed by atoms with van der Waals surface area (Å²) in [5.41, 5.74) is 2.97. The molecule has 1 fully saturated rings. The molecule has 0 heterocycles. The minimum atomic E-state index is -0.182. The first-order valence-corrected chi connectivity index (χ1v) is 8.05. The number of aryl methyl sites for hydroxylation is 2. The second-order valence-corrected chi connectivity index (χ2v) is 6.68. The lowest BCUT2D eigenvalue weighted by Crippen LogP contribution is -2.29. The molecule has 0 spiro atoms. The molecule has 4 nitrogen and oxygen atoms in total. The van der Waals surface area contributed by atoms with Crippen molar-refractivity contribution in [1.82, 2.24) is 5.32 Å². The molecule has 120 valence electrons. The lowest BCUT2D eigenvalue weighted by Gasteiger charge is -2.11. The van der Waals surface area contributed by atoms with E-state index in [1.54, 1.807) is 0 Å². The van der Waals surface area contributed by atoms with Crippen molar-refractivity contribution in [3.8, 4) is 0 Å². The van der Waals surface area contributed by atoms with Crippen LogP contribution in [-0.2, 0) is 9.59 Å². The van der Waals surface area contributed by atoms with Crippen molar-refractivity contribution in [2.24, 2.45) is 17.8 Å². The fourth-order valence-corrected chi connectivity index (χ4v) is 2.62. The van der Waals surface area contributed by atoms with Crippen molar-refractivity contribution < 1.29 is 9.59 Å². The molecule has 2 atom stereocenters. The summed E-state index contributed by atoms with van der Waals surface area (Å²) in [5.74, 6) is 0.209. The van der Waals surface area contributed by atoms with E-state index in [0.29, 0.717) is 18.9 Å². The molecule has 2 amide bonds. The molecule has 0 aromatic heterocycles. The van der Waals surface area contributed by atoms with Gasteiger partial charge in [-0.3, -0.25) is 9.59 Å². The molecule has 4 heteroatoms. The topological polar surface area (TPSA) is 58.2 Å². The molecule has 2 unspecified atom stereocenters. The van der Waals surface area contributed by atoms with Gasteiger partial charge in [0.1, 0.15) is 0 Å². The Bertz CT molecular complexity index is 546. The Morgan fingerprint density at radius 1 is 1.14 bits per heavy atom.